The van der Waals surface area contributed by atoms with Gasteiger partial charge in [-0.3, -0.25) is 0 Å². The average molecular weight is 273 g/mol. The normalized spacial score (nSPS) is 16.2. The summed E-state index contributed by atoms with van der Waals surface area (Å²) >= 11 is 0. The highest BCUT2D eigenvalue weighted by atomic mass is 19.4. The number of hydrogen-bond donors (Lipinski definition) is 0. The van der Waals surface area contributed by atoms with Gasteiger partial charge in [-0.05, 0) is 31.0 Å². The maximum Gasteiger partial charge on any atom is 0.416 e. The fourth-order valence-electron chi connectivity index (χ4n) is 2.42. The molecular weight excluding hydrogens is 259 g/mol. The first-order valence-electron chi connectivity index (χ1n) is 5.90. The van der Waals surface area contributed by atoms with Gasteiger partial charge in [0.25, 0.3) is 0 Å². The fraction of sp³-hybridized carbons (Fsp3) is 0.462. The zero-order valence-electron chi connectivity index (χ0n) is 10.6. The quantitative estimate of drug-likeness (QED) is 0.776. The molecule has 0 amide bonds. The SMILES string of the molecule is COC(=O)[C@@H](C)N1CCc2c1cccc2C(F)(F)F. The van der Waals surface area contributed by atoms with Crippen LogP contribution in [0, 0.1) is 0 Å². The highest BCUT2D eigenvalue weighted by molar-refractivity contribution is 5.81. The van der Waals surface area contributed by atoms with Crippen molar-refractivity contribution in [3.63, 3.8) is 0 Å². The van der Waals surface area contributed by atoms with Crippen molar-refractivity contribution in [1.29, 1.82) is 0 Å². The van der Waals surface area contributed by atoms with Crippen molar-refractivity contribution in [3.8, 4) is 0 Å². The predicted octanol–water partition coefficient (Wildman–Crippen LogP) is 2.63. The molecule has 0 bridgehead atoms. The van der Waals surface area contributed by atoms with Gasteiger partial charge in [-0.25, -0.2) is 4.79 Å². The highest BCUT2D eigenvalue weighted by Crippen LogP contribution is 2.40. The van der Waals surface area contributed by atoms with E-state index in [1.54, 1.807) is 17.9 Å². The van der Waals surface area contributed by atoms with E-state index in [1.165, 1.54) is 13.2 Å². The first-order chi connectivity index (χ1) is 8.86. The summed E-state index contributed by atoms with van der Waals surface area (Å²) in [6, 6.07) is 3.46. The number of fused-ring (bicyclic) bond motifs is 1. The lowest BCUT2D eigenvalue weighted by atomic mass is 10.0. The van der Waals surface area contributed by atoms with Crippen LogP contribution in [0.3, 0.4) is 0 Å². The number of rotatable bonds is 2. The monoisotopic (exact) mass is 273 g/mol. The Morgan fingerprint density at radius 2 is 2.11 bits per heavy atom. The minimum absolute atomic E-state index is 0.255. The van der Waals surface area contributed by atoms with Crippen LogP contribution in [0.1, 0.15) is 18.1 Å². The summed E-state index contributed by atoms with van der Waals surface area (Å²) in [5.41, 5.74) is 0.100. The number of alkyl halides is 3. The van der Waals surface area contributed by atoms with E-state index >= 15 is 0 Å². The number of anilines is 1. The standard InChI is InChI=1S/C13H14F3NO2/c1-8(12(18)19-2)17-7-6-9-10(13(14,15)16)4-3-5-11(9)17/h3-5,8H,6-7H2,1-2H3/t8-/m1/s1. The molecule has 0 aliphatic carbocycles. The molecule has 19 heavy (non-hydrogen) atoms. The van der Waals surface area contributed by atoms with E-state index in [9.17, 15) is 18.0 Å². The van der Waals surface area contributed by atoms with E-state index in [4.69, 9.17) is 0 Å². The lowest BCUT2D eigenvalue weighted by Gasteiger charge is -2.25. The van der Waals surface area contributed by atoms with Crippen LogP contribution in [0.15, 0.2) is 18.2 Å². The van der Waals surface area contributed by atoms with Gasteiger partial charge < -0.3 is 9.64 Å². The first-order valence-corrected chi connectivity index (χ1v) is 5.90. The second kappa shape index (κ2) is 4.75. The van der Waals surface area contributed by atoms with Crippen LogP contribution < -0.4 is 4.90 Å². The number of carbonyl (C=O) groups is 1. The van der Waals surface area contributed by atoms with Crippen molar-refractivity contribution >= 4 is 11.7 Å². The van der Waals surface area contributed by atoms with E-state index in [2.05, 4.69) is 4.74 Å². The Morgan fingerprint density at radius 1 is 1.42 bits per heavy atom. The molecule has 0 saturated carbocycles. The summed E-state index contributed by atoms with van der Waals surface area (Å²) in [5.74, 6) is -0.453. The molecule has 1 atom stereocenters. The second-order valence-corrected chi connectivity index (χ2v) is 4.44. The molecule has 3 nitrogen and oxygen atoms in total. The van der Waals surface area contributed by atoms with Gasteiger partial charge in [-0.2, -0.15) is 13.2 Å². The summed E-state index contributed by atoms with van der Waals surface area (Å²) in [6.45, 7) is 2.01. The average Bonchev–Trinajstić information content (AvgIpc) is 2.79. The zero-order valence-corrected chi connectivity index (χ0v) is 10.6. The summed E-state index contributed by atoms with van der Waals surface area (Å²) < 4.78 is 43.3. The summed E-state index contributed by atoms with van der Waals surface area (Å²) in [7, 11) is 1.27. The van der Waals surface area contributed by atoms with Crippen molar-refractivity contribution in [2.75, 3.05) is 18.6 Å². The molecule has 0 N–H and O–H groups in total. The third-order valence-corrected chi connectivity index (χ3v) is 3.38. The van der Waals surface area contributed by atoms with Crippen LogP contribution in [0.4, 0.5) is 18.9 Å². The molecule has 0 unspecified atom stereocenters. The van der Waals surface area contributed by atoms with Crippen molar-refractivity contribution in [2.45, 2.75) is 25.6 Å². The van der Waals surface area contributed by atoms with E-state index in [0.29, 0.717) is 12.2 Å². The summed E-state index contributed by atoms with van der Waals surface area (Å²) in [6.07, 6.45) is -4.08. The number of methoxy groups -OCH3 is 1. The Hall–Kier alpha value is -1.72. The highest BCUT2D eigenvalue weighted by Gasteiger charge is 2.38. The molecule has 0 spiro atoms. The number of benzene rings is 1. The van der Waals surface area contributed by atoms with Gasteiger partial charge in [0.15, 0.2) is 0 Å². The Labute approximate surface area is 109 Å². The Morgan fingerprint density at radius 3 is 2.68 bits per heavy atom. The van der Waals surface area contributed by atoms with Crippen LogP contribution >= 0.6 is 0 Å². The first kappa shape index (κ1) is 13.7. The predicted molar refractivity (Wildman–Crippen MR) is 64.0 cm³/mol. The fourth-order valence-corrected chi connectivity index (χ4v) is 2.42. The number of ether oxygens (including phenoxy) is 1. The molecule has 6 heteroatoms. The maximum atomic E-state index is 12.9. The summed E-state index contributed by atoms with van der Waals surface area (Å²) in [4.78, 5) is 13.2. The molecule has 0 aromatic heterocycles. The van der Waals surface area contributed by atoms with Gasteiger partial charge in [0.1, 0.15) is 6.04 Å². The minimum Gasteiger partial charge on any atom is -0.467 e. The van der Waals surface area contributed by atoms with Crippen molar-refractivity contribution in [3.05, 3.63) is 29.3 Å². The number of carbonyl (C=O) groups excluding carboxylic acids is 1. The van der Waals surface area contributed by atoms with E-state index in [0.717, 1.165) is 6.07 Å². The molecule has 2 rings (SSSR count). The lowest BCUT2D eigenvalue weighted by molar-refractivity contribution is -0.141. The van der Waals surface area contributed by atoms with Crippen molar-refractivity contribution in [2.24, 2.45) is 0 Å². The molecule has 1 aliphatic heterocycles. The van der Waals surface area contributed by atoms with Crippen LogP contribution in [-0.4, -0.2) is 25.7 Å². The number of esters is 1. The lowest BCUT2D eigenvalue weighted by Crippen LogP contribution is -2.38. The molecule has 1 aromatic rings. The zero-order chi connectivity index (χ0) is 14.2. The number of halogens is 3. The molecule has 1 heterocycles. The van der Waals surface area contributed by atoms with Crippen molar-refractivity contribution in [1.82, 2.24) is 0 Å². The van der Waals surface area contributed by atoms with Crippen LogP contribution in [0.2, 0.25) is 0 Å². The van der Waals surface area contributed by atoms with Gasteiger partial charge >= 0.3 is 12.1 Å². The van der Waals surface area contributed by atoms with Gasteiger partial charge in [0.2, 0.25) is 0 Å². The molecule has 0 fully saturated rings. The van der Waals surface area contributed by atoms with Crippen molar-refractivity contribution < 1.29 is 22.7 Å². The topological polar surface area (TPSA) is 29.5 Å². The van der Waals surface area contributed by atoms with E-state index in [1.807, 2.05) is 0 Å². The molecule has 104 valence electrons. The van der Waals surface area contributed by atoms with Gasteiger partial charge in [0.05, 0.1) is 12.7 Å². The molecule has 0 radical (unpaired) electrons. The van der Waals surface area contributed by atoms with Crippen LogP contribution in [-0.2, 0) is 22.1 Å². The molecular formula is C13H14F3NO2. The van der Waals surface area contributed by atoms with Crippen LogP contribution in [0.25, 0.3) is 0 Å². The smallest absolute Gasteiger partial charge is 0.416 e. The number of hydrogen-bond acceptors (Lipinski definition) is 3. The van der Waals surface area contributed by atoms with E-state index in [-0.39, 0.29) is 12.0 Å². The molecule has 1 aromatic carbocycles. The maximum absolute atomic E-state index is 12.9. The third-order valence-electron chi connectivity index (χ3n) is 3.38. The Kier molecular flexibility index (Phi) is 3.43. The molecule has 1 aliphatic rings. The second-order valence-electron chi connectivity index (χ2n) is 4.44. The third kappa shape index (κ3) is 2.39. The summed E-state index contributed by atoms with van der Waals surface area (Å²) in [5, 5.41) is 0. The Balaban J connectivity index is 2.39. The van der Waals surface area contributed by atoms with Gasteiger partial charge in [0, 0.05) is 12.2 Å². The number of nitrogens with zero attached hydrogens (tertiary/aromatic N) is 1. The van der Waals surface area contributed by atoms with Gasteiger partial charge in [-0.15, -0.1) is 0 Å². The van der Waals surface area contributed by atoms with E-state index < -0.39 is 23.8 Å². The minimum atomic E-state index is -4.37. The molecule has 0 saturated heterocycles. The van der Waals surface area contributed by atoms with Gasteiger partial charge in [-0.1, -0.05) is 6.07 Å². The van der Waals surface area contributed by atoms with Crippen LogP contribution in [0.5, 0.6) is 0 Å². The Bertz CT molecular complexity index is 499. The largest absolute Gasteiger partial charge is 0.467 e.